The van der Waals surface area contributed by atoms with Crippen molar-refractivity contribution >= 4 is 18.4 Å². The molecule has 0 amide bonds. The lowest BCUT2D eigenvalue weighted by molar-refractivity contribution is 0.442. The fourth-order valence-corrected chi connectivity index (χ4v) is 2.76. The van der Waals surface area contributed by atoms with E-state index in [-0.39, 0.29) is 5.75 Å². The number of para-hydroxylation sites is 1. The molecule has 1 heterocycles. The van der Waals surface area contributed by atoms with Crippen LogP contribution in [0.2, 0.25) is 0 Å². The number of nitrogens with one attached hydrogen (secondary N) is 1. The lowest BCUT2D eigenvalue weighted by Gasteiger charge is -2.08. The first-order valence-corrected chi connectivity index (χ1v) is 8.91. The Morgan fingerprint density at radius 1 is 1.00 bits per heavy atom. The predicted octanol–water partition coefficient (Wildman–Crippen LogP) is 5.42. The molecule has 4 aromatic rings. The second-order valence-electron chi connectivity index (χ2n) is 5.88. The van der Waals surface area contributed by atoms with Gasteiger partial charge in [0.1, 0.15) is 5.75 Å². The van der Waals surface area contributed by atoms with E-state index in [0.717, 1.165) is 5.56 Å². The van der Waals surface area contributed by atoms with Crippen LogP contribution in [0.4, 0.5) is 4.39 Å². The van der Waals surface area contributed by atoms with Crippen LogP contribution in [0.1, 0.15) is 5.56 Å². The van der Waals surface area contributed by atoms with E-state index in [1.807, 2.05) is 48.5 Å². The Kier molecular flexibility index (Phi) is 5.07. The number of hydrogen-bond donors (Lipinski definition) is 1. The standard InChI is InChI=1S/C21H15FN4OS/c22-18-12-11-16(13-19(18)27-17-9-5-2-6-10-17)20-24-25-21(28)26(20)23-14-15-7-3-1-4-8-15/h1-14H,(H,25,28)/b23-14+. The SMILES string of the molecule is Fc1ccc(-c2n[nH]c(=S)n2/N=C/c2ccccc2)cc1Oc1ccccc1. The highest BCUT2D eigenvalue weighted by molar-refractivity contribution is 7.71. The quantitative estimate of drug-likeness (QED) is 0.366. The fraction of sp³-hybridized carbons (Fsp3) is 0. The highest BCUT2D eigenvalue weighted by Gasteiger charge is 2.13. The number of nitrogens with zero attached hydrogens (tertiary/aromatic N) is 3. The lowest BCUT2D eigenvalue weighted by Crippen LogP contribution is -1.96. The van der Waals surface area contributed by atoms with E-state index in [1.165, 1.54) is 10.7 Å². The number of rotatable bonds is 5. The second kappa shape index (κ2) is 7.98. The van der Waals surface area contributed by atoms with Crippen LogP contribution in [-0.2, 0) is 0 Å². The lowest BCUT2D eigenvalue weighted by atomic mass is 10.2. The normalized spacial score (nSPS) is 11.0. The van der Waals surface area contributed by atoms with E-state index in [2.05, 4.69) is 15.3 Å². The molecule has 3 aromatic carbocycles. The molecule has 0 aliphatic carbocycles. The largest absolute Gasteiger partial charge is 0.454 e. The molecule has 7 heteroatoms. The minimum Gasteiger partial charge on any atom is -0.454 e. The molecule has 0 spiro atoms. The molecule has 0 aliphatic heterocycles. The predicted molar refractivity (Wildman–Crippen MR) is 109 cm³/mol. The van der Waals surface area contributed by atoms with Crippen LogP contribution >= 0.6 is 12.2 Å². The Hall–Kier alpha value is -3.58. The van der Waals surface area contributed by atoms with Crippen LogP contribution in [0.25, 0.3) is 11.4 Å². The van der Waals surface area contributed by atoms with E-state index >= 15 is 0 Å². The Balaban J connectivity index is 1.69. The zero-order valence-electron chi connectivity index (χ0n) is 14.6. The van der Waals surface area contributed by atoms with Crippen LogP contribution in [0.3, 0.4) is 0 Å². The van der Waals surface area contributed by atoms with Gasteiger partial charge in [0.05, 0.1) is 6.21 Å². The summed E-state index contributed by atoms with van der Waals surface area (Å²) < 4.78 is 21.7. The zero-order chi connectivity index (χ0) is 19.3. The molecular formula is C21H15FN4OS. The van der Waals surface area contributed by atoms with E-state index in [4.69, 9.17) is 17.0 Å². The first-order chi connectivity index (χ1) is 13.7. The monoisotopic (exact) mass is 390 g/mol. The first-order valence-electron chi connectivity index (χ1n) is 8.50. The third kappa shape index (κ3) is 3.89. The summed E-state index contributed by atoms with van der Waals surface area (Å²) in [6.07, 6.45) is 1.68. The summed E-state index contributed by atoms with van der Waals surface area (Å²) in [4.78, 5) is 0. The zero-order valence-corrected chi connectivity index (χ0v) is 15.4. The third-order valence-corrected chi connectivity index (χ3v) is 4.20. The van der Waals surface area contributed by atoms with Gasteiger partial charge in [0.2, 0.25) is 4.77 Å². The van der Waals surface area contributed by atoms with E-state index in [9.17, 15) is 4.39 Å². The van der Waals surface area contributed by atoms with Crippen LogP contribution in [-0.4, -0.2) is 21.1 Å². The molecule has 0 unspecified atom stereocenters. The van der Waals surface area contributed by atoms with Crippen molar-refractivity contribution in [3.05, 3.63) is 95.0 Å². The van der Waals surface area contributed by atoms with Gasteiger partial charge < -0.3 is 4.74 Å². The van der Waals surface area contributed by atoms with Crippen molar-refractivity contribution in [2.24, 2.45) is 5.10 Å². The van der Waals surface area contributed by atoms with Gasteiger partial charge in [-0.15, -0.1) is 0 Å². The average molecular weight is 390 g/mol. The number of H-pyrrole nitrogens is 1. The average Bonchev–Trinajstić information content (AvgIpc) is 3.10. The molecule has 0 radical (unpaired) electrons. The molecule has 1 N–H and O–H groups in total. The van der Waals surface area contributed by atoms with Crippen molar-refractivity contribution in [1.82, 2.24) is 14.9 Å². The summed E-state index contributed by atoms with van der Waals surface area (Å²) in [6.45, 7) is 0. The van der Waals surface area contributed by atoms with Crippen molar-refractivity contribution in [3.63, 3.8) is 0 Å². The van der Waals surface area contributed by atoms with Gasteiger partial charge in [-0.1, -0.05) is 48.5 Å². The molecule has 0 bridgehead atoms. The van der Waals surface area contributed by atoms with Gasteiger partial charge in [-0.25, -0.2) is 9.49 Å². The molecule has 5 nitrogen and oxygen atoms in total. The molecule has 0 saturated heterocycles. The first kappa shape index (κ1) is 17.8. The third-order valence-electron chi connectivity index (χ3n) is 3.93. The van der Waals surface area contributed by atoms with Crippen LogP contribution in [0, 0.1) is 10.6 Å². The van der Waals surface area contributed by atoms with Gasteiger partial charge in [0, 0.05) is 5.56 Å². The maximum atomic E-state index is 14.2. The smallest absolute Gasteiger partial charge is 0.216 e. The van der Waals surface area contributed by atoms with Crippen LogP contribution in [0.15, 0.2) is 84.0 Å². The minimum atomic E-state index is -0.471. The highest BCUT2D eigenvalue weighted by atomic mass is 32.1. The summed E-state index contributed by atoms with van der Waals surface area (Å²) in [5.74, 6) is 0.617. The highest BCUT2D eigenvalue weighted by Crippen LogP contribution is 2.29. The summed E-state index contributed by atoms with van der Waals surface area (Å²) >= 11 is 5.28. The number of aromatic amines is 1. The minimum absolute atomic E-state index is 0.0937. The number of benzene rings is 3. The molecule has 28 heavy (non-hydrogen) atoms. The van der Waals surface area contributed by atoms with Crippen molar-refractivity contribution in [3.8, 4) is 22.9 Å². The number of hydrogen-bond acceptors (Lipinski definition) is 4. The van der Waals surface area contributed by atoms with E-state index in [0.29, 0.717) is 21.9 Å². The number of aromatic nitrogens is 3. The van der Waals surface area contributed by atoms with Gasteiger partial charge in [0.15, 0.2) is 17.4 Å². The number of ether oxygens (including phenoxy) is 1. The Morgan fingerprint density at radius 3 is 2.46 bits per heavy atom. The fourth-order valence-electron chi connectivity index (χ4n) is 2.59. The van der Waals surface area contributed by atoms with E-state index in [1.54, 1.807) is 30.5 Å². The summed E-state index contributed by atoms with van der Waals surface area (Å²) in [5.41, 5.74) is 1.54. The topological polar surface area (TPSA) is 55.2 Å². The molecule has 0 atom stereocenters. The van der Waals surface area contributed by atoms with Crippen LogP contribution in [0.5, 0.6) is 11.5 Å². The Morgan fingerprint density at radius 2 is 1.71 bits per heavy atom. The molecule has 1 aromatic heterocycles. The maximum absolute atomic E-state index is 14.2. The van der Waals surface area contributed by atoms with Gasteiger partial charge in [0.25, 0.3) is 0 Å². The summed E-state index contributed by atoms with van der Waals surface area (Å²) in [5, 5.41) is 11.4. The molecular weight excluding hydrogens is 375 g/mol. The Bertz CT molecular complexity index is 1170. The van der Waals surface area contributed by atoms with E-state index < -0.39 is 5.82 Å². The summed E-state index contributed by atoms with van der Waals surface area (Å²) in [7, 11) is 0. The molecule has 0 aliphatic rings. The number of halogens is 1. The molecule has 4 rings (SSSR count). The van der Waals surface area contributed by atoms with Gasteiger partial charge >= 0.3 is 0 Å². The van der Waals surface area contributed by atoms with Crippen molar-refractivity contribution in [1.29, 1.82) is 0 Å². The van der Waals surface area contributed by atoms with Crippen molar-refractivity contribution in [2.45, 2.75) is 0 Å². The van der Waals surface area contributed by atoms with Gasteiger partial charge in [-0.3, -0.25) is 0 Å². The van der Waals surface area contributed by atoms with Gasteiger partial charge in [-0.2, -0.15) is 14.9 Å². The molecule has 138 valence electrons. The summed E-state index contributed by atoms with van der Waals surface area (Å²) in [6, 6.07) is 23.1. The van der Waals surface area contributed by atoms with Crippen molar-refractivity contribution in [2.75, 3.05) is 0 Å². The van der Waals surface area contributed by atoms with Crippen LogP contribution < -0.4 is 4.74 Å². The maximum Gasteiger partial charge on any atom is 0.216 e. The van der Waals surface area contributed by atoms with Gasteiger partial charge in [-0.05, 0) is 48.1 Å². The van der Waals surface area contributed by atoms with Crippen molar-refractivity contribution < 1.29 is 9.13 Å². The molecule has 0 fully saturated rings. The second-order valence-corrected chi connectivity index (χ2v) is 6.27. The Labute approximate surface area is 165 Å². The molecule has 0 saturated carbocycles.